The van der Waals surface area contributed by atoms with Gasteiger partial charge in [-0.3, -0.25) is 0 Å². The summed E-state index contributed by atoms with van der Waals surface area (Å²) in [5.41, 5.74) is 2.74. The molecule has 0 radical (unpaired) electrons. The lowest BCUT2D eigenvalue weighted by atomic mass is 10.0. The molecule has 1 fully saturated rings. The molecular weight excluding hydrogens is 531 g/mol. The topological polar surface area (TPSA) is 102 Å². The molecule has 2 atom stereocenters. The minimum atomic E-state index is -4.21. The zero-order chi connectivity index (χ0) is 25.0. The van der Waals surface area contributed by atoms with Crippen LogP contribution in [0.2, 0.25) is 10.0 Å². The van der Waals surface area contributed by atoms with Gasteiger partial charge in [-0.25, -0.2) is 18.0 Å². The van der Waals surface area contributed by atoms with Gasteiger partial charge in [0.25, 0.3) is 0 Å². The number of sulfonamides is 1. The van der Waals surface area contributed by atoms with E-state index in [9.17, 15) is 18.0 Å². The van der Waals surface area contributed by atoms with E-state index in [1.165, 1.54) is 18.2 Å². The van der Waals surface area contributed by atoms with Crippen LogP contribution in [0.25, 0.3) is 11.1 Å². The number of esters is 2. The van der Waals surface area contributed by atoms with Gasteiger partial charge in [0, 0.05) is 10.0 Å². The maximum atomic E-state index is 13.1. The van der Waals surface area contributed by atoms with Crippen LogP contribution in [0, 0.1) is 0 Å². The summed E-state index contributed by atoms with van der Waals surface area (Å²) in [6.45, 7) is 0.649. The number of carbonyl (C=O) groups is 2. The van der Waals surface area contributed by atoms with Crippen molar-refractivity contribution in [2.24, 2.45) is 0 Å². The van der Waals surface area contributed by atoms with E-state index < -0.39 is 34.0 Å². The second-order valence-corrected chi connectivity index (χ2v) is 11.4. The molecule has 3 aromatic rings. The van der Waals surface area contributed by atoms with Crippen LogP contribution in [0.3, 0.4) is 0 Å². The minimum Gasteiger partial charge on any atom is -0.391 e. The molecule has 4 rings (SSSR count). The van der Waals surface area contributed by atoms with Crippen molar-refractivity contribution in [2.75, 3.05) is 6.54 Å². The van der Waals surface area contributed by atoms with E-state index in [0.29, 0.717) is 18.5 Å². The summed E-state index contributed by atoms with van der Waals surface area (Å²) in [4.78, 5) is 25.2. The Hall–Kier alpha value is -2.27. The smallest absolute Gasteiger partial charge is 0.332 e. The van der Waals surface area contributed by atoms with E-state index >= 15 is 0 Å². The molecule has 11 heteroatoms. The fraction of sp³-hybridized carbons (Fsp3) is 0.250. The van der Waals surface area contributed by atoms with Crippen LogP contribution in [0.4, 0.5) is 0 Å². The van der Waals surface area contributed by atoms with Gasteiger partial charge in [0.2, 0.25) is 10.0 Å². The van der Waals surface area contributed by atoms with Gasteiger partial charge in [-0.2, -0.15) is 16.1 Å². The first kappa shape index (κ1) is 25.8. The number of halogens is 2. The van der Waals surface area contributed by atoms with Gasteiger partial charge < -0.3 is 10.1 Å². The SMILES string of the molecule is O=C(OC(=O)[C@H](Cc1ccc(-c2ccsc2)cc1)NS(=O)(=O)c1cc(Cl)cc(Cl)c1)[C@@H]1CCCN1. The van der Waals surface area contributed by atoms with E-state index in [0.717, 1.165) is 17.5 Å². The van der Waals surface area contributed by atoms with Crippen LogP contribution >= 0.6 is 34.5 Å². The lowest BCUT2D eigenvalue weighted by molar-refractivity contribution is -0.162. The number of hydrogen-bond donors (Lipinski definition) is 2. The predicted molar refractivity (Wildman–Crippen MR) is 136 cm³/mol. The third-order valence-electron chi connectivity index (χ3n) is 5.52. The minimum absolute atomic E-state index is 0.0261. The summed E-state index contributed by atoms with van der Waals surface area (Å²) in [6.07, 6.45) is 1.31. The Kier molecular flexibility index (Phi) is 8.26. The van der Waals surface area contributed by atoms with E-state index in [-0.39, 0.29) is 21.4 Å². The molecule has 0 bridgehead atoms. The van der Waals surface area contributed by atoms with Gasteiger partial charge in [0.1, 0.15) is 12.1 Å². The molecule has 1 aromatic heterocycles. The van der Waals surface area contributed by atoms with Gasteiger partial charge in [-0.1, -0.05) is 47.5 Å². The second kappa shape index (κ2) is 11.2. The van der Waals surface area contributed by atoms with Crippen LogP contribution < -0.4 is 10.0 Å². The summed E-state index contributed by atoms with van der Waals surface area (Å²) in [7, 11) is -4.21. The molecule has 7 nitrogen and oxygen atoms in total. The first-order chi connectivity index (χ1) is 16.7. The predicted octanol–water partition coefficient (Wildman–Crippen LogP) is 4.43. The molecule has 0 spiro atoms. The van der Waals surface area contributed by atoms with Crippen LogP contribution in [0.1, 0.15) is 18.4 Å². The zero-order valence-electron chi connectivity index (χ0n) is 18.4. The molecule has 0 amide bonds. The van der Waals surface area contributed by atoms with Crippen molar-refractivity contribution in [3.8, 4) is 11.1 Å². The lowest BCUT2D eigenvalue weighted by Crippen LogP contribution is -2.45. The van der Waals surface area contributed by atoms with Gasteiger partial charge in [0.15, 0.2) is 0 Å². The molecule has 35 heavy (non-hydrogen) atoms. The van der Waals surface area contributed by atoms with Crippen molar-refractivity contribution in [2.45, 2.75) is 36.2 Å². The van der Waals surface area contributed by atoms with Crippen molar-refractivity contribution in [1.82, 2.24) is 10.0 Å². The summed E-state index contributed by atoms with van der Waals surface area (Å²) in [6, 6.07) is 11.3. The largest absolute Gasteiger partial charge is 0.391 e. The van der Waals surface area contributed by atoms with E-state index in [2.05, 4.69) is 10.0 Å². The van der Waals surface area contributed by atoms with Crippen molar-refractivity contribution < 1.29 is 22.7 Å². The van der Waals surface area contributed by atoms with Crippen molar-refractivity contribution in [3.05, 3.63) is 74.9 Å². The fourth-order valence-electron chi connectivity index (χ4n) is 3.74. The summed E-state index contributed by atoms with van der Waals surface area (Å²) < 4.78 is 33.5. The van der Waals surface area contributed by atoms with Gasteiger partial charge in [0.05, 0.1) is 4.90 Å². The molecule has 1 aliphatic rings. The normalized spacial score (nSPS) is 16.7. The highest BCUT2D eigenvalue weighted by atomic mass is 35.5. The third-order valence-corrected chi connectivity index (χ3v) is 8.09. The molecule has 2 heterocycles. The molecule has 1 aliphatic heterocycles. The molecular formula is C24H22Cl2N2O5S2. The number of nitrogens with one attached hydrogen (secondary N) is 2. The molecule has 0 saturated carbocycles. The average Bonchev–Trinajstić information content (AvgIpc) is 3.53. The Morgan fingerprint density at radius 3 is 2.40 bits per heavy atom. The molecule has 0 aliphatic carbocycles. The van der Waals surface area contributed by atoms with E-state index in [1.54, 1.807) is 23.5 Å². The highest BCUT2D eigenvalue weighted by Gasteiger charge is 2.32. The molecule has 0 unspecified atom stereocenters. The monoisotopic (exact) mass is 552 g/mol. The fourth-order valence-corrected chi connectivity index (χ4v) is 6.31. The first-order valence-electron chi connectivity index (χ1n) is 10.8. The lowest BCUT2D eigenvalue weighted by Gasteiger charge is -2.19. The third kappa shape index (κ3) is 6.69. The van der Waals surface area contributed by atoms with Crippen LogP contribution in [0.5, 0.6) is 0 Å². The summed E-state index contributed by atoms with van der Waals surface area (Å²) in [5, 5.41) is 7.21. The van der Waals surface area contributed by atoms with Gasteiger partial charge in [-0.15, -0.1) is 0 Å². The van der Waals surface area contributed by atoms with Crippen LogP contribution in [-0.4, -0.2) is 39.0 Å². The Labute approximate surface area is 217 Å². The van der Waals surface area contributed by atoms with Gasteiger partial charge >= 0.3 is 11.9 Å². The molecule has 1 saturated heterocycles. The molecule has 184 valence electrons. The second-order valence-electron chi connectivity index (χ2n) is 8.08. The number of carbonyl (C=O) groups excluding carboxylic acids is 2. The summed E-state index contributed by atoms with van der Waals surface area (Å²) in [5.74, 6) is -1.71. The van der Waals surface area contributed by atoms with Crippen LogP contribution in [-0.2, 0) is 30.8 Å². The Morgan fingerprint density at radius 1 is 1.09 bits per heavy atom. The zero-order valence-corrected chi connectivity index (χ0v) is 21.5. The number of hydrogen-bond acceptors (Lipinski definition) is 7. The standard InChI is InChI=1S/C24H22Cl2N2O5S2/c25-18-11-19(26)13-20(12-18)35(31,32)28-22(24(30)33-23(29)21-2-1-8-27-21)10-15-3-5-16(6-4-15)17-7-9-34-14-17/h3-7,9,11-14,21-22,27-28H,1-2,8,10H2/t21-,22-/m0/s1. The Morgan fingerprint density at radius 2 is 1.80 bits per heavy atom. The maximum absolute atomic E-state index is 13.1. The van der Waals surface area contributed by atoms with Crippen molar-refractivity contribution >= 4 is 56.5 Å². The van der Waals surface area contributed by atoms with E-state index in [1.807, 2.05) is 29.0 Å². The summed E-state index contributed by atoms with van der Waals surface area (Å²) >= 11 is 13.5. The molecule has 2 aromatic carbocycles. The highest BCUT2D eigenvalue weighted by molar-refractivity contribution is 7.89. The quantitative estimate of drug-likeness (QED) is 0.316. The number of benzene rings is 2. The average molecular weight is 553 g/mol. The Bertz CT molecular complexity index is 1290. The first-order valence-corrected chi connectivity index (χ1v) is 14.0. The van der Waals surface area contributed by atoms with Crippen molar-refractivity contribution in [3.63, 3.8) is 0 Å². The maximum Gasteiger partial charge on any atom is 0.332 e. The van der Waals surface area contributed by atoms with Crippen LogP contribution in [0.15, 0.2) is 64.2 Å². The molecule has 2 N–H and O–H groups in total. The van der Waals surface area contributed by atoms with E-state index in [4.69, 9.17) is 27.9 Å². The highest BCUT2D eigenvalue weighted by Crippen LogP contribution is 2.24. The Balaban J connectivity index is 1.57. The van der Waals surface area contributed by atoms with Crippen molar-refractivity contribution in [1.29, 1.82) is 0 Å². The number of thiophene rings is 1. The van der Waals surface area contributed by atoms with Gasteiger partial charge in [-0.05, 0) is 77.5 Å². The number of ether oxygens (including phenoxy) is 1. The number of rotatable bonds is 8.